The smallest absolute Gasteiger partial charge is 0.348 e. The van der Waals surface area contributed by atoms with Crippen molar-refractivity contribution in [1.29, 1.82) is 0 Å². The average molecular weight is 498 g/mol. The van der Waals surface area contributed by atoms with Gasteiger partial charge in [0.25, 0.3) is 5.91 Å². The third-order valence-corrected chi connectivity index (χ3v) is 6.36. The number of nitrogens with zero attached hydrogens (tertiary/aromatic N) is 6. The molecule has 5 aromatic heterocycles. The van der Waals surface area contributed by atoms with E-state index in [9.17, 15) is 18.0 Å². The van der Waals surface area contributed by atoms with E-state index in [1.54, 1.807) is 23.0 Å². The summed E-state index contributed by atoms with van der Waals surface area (Å²) in [4.78, 5) is 23.6. The lowest BCUT2D eigenvalue weighted by Crippen LogP contribution is -2.24. The largest absolute Gasteiger partial charge is 0.435 e. The lowest BCUT2D eigenvalue weighted by molar-refractivity contribution is -0.142. The summed E-state index contributed by atoms with van der Waals surface area (Å²) in [5.74, 6) is -0.468. The maximum Gasteiger partial charge on any atom is 0.435 e. The summed E-state index contributed by atoms with van der Waals surface area (Å²) in [5.41, 5.74) is 1.55. The van der Waals surface area contributed by atoms with E-state index in [1.165, 1.54) is 17.4 Å². The molecule has 35 heavy (non-hydrogen) atoms. The molecule has 0 bridgehead atoms. The second kappa shape index (κ2) is 8.62. The zero-order valence-electron chi connectivity index (χ0n) is 18.5. The van der Waals surface area contributed by atoms with Crippen LogP contribution < -0.4 is 5.32 Å². The molecule has 0 aliphatic heterocycles. The number of pyridine rings is 2. The van der Waals surface area contributed by atoms with E-state index in [0.29, 0.717) is 16.6 Å². The summed E-state index contributed by atoms with van der Waals surface area (Å²) < 4.78 is 43.1. The molecule has 0 saturated heterocycles. The van der Waals surface area contributed by atoms with Crippen LogP contribution in [0.1, 0.15) is 32.2 Å². The maximum absolute atomic E-state index is 13.6. The second-order valence-electron chi connectivity index (χ2n) is 7.88. The molecule has 0 spiro atoms. The molecule has 12 heteroatoms. The second-order valence-corrected chi connectivity index (χ2v) is 9.17. The molecule has 5 rings (SSSR count). The van der Waals surface area contributed by atoms with E-state index >= 15 is 0 Å². The summed E-state index contributed by atoms with van der Waals surface area (Å²) in [6.07, 6.45) is 0.719. The van der Waals surface area contributed by atoms with Crippen molar-refractivity contribution in [3.05, 3.63) is 82.5 Å². The van der Waals surface area contributed by atoms with Gasteiger partial charge >= 0.3 is 6.18 Å². The number of fused-ring (bicyclic) bond motifs is 1. The van der Waals surface area contributed by atoms with E-state index in [1.807, 2.05) is 38.1 Å². The molecule has 0 saturated carbocycles. The Morgan fingerprint density at radius 1 is 1.09 bits per heavy atom. The first kappa shape index (κ1) is 22.7. The fraction of sp³-hybridized carbons (Fsp3) is 0.174. The molecule has 0 unspecified atom stereocenters. The number of nitrogens with one attached hydrogen (secondary N) is 1. The Morgan fingerprint density at radius 3 is 2.60 bits per heavy atom. The summed E-state index contributed by atoms with van der Waals surface area (Å²) in [5, 5.41) is 9.89. The van der Waals surface area contributed by atoms with Gasteiger partial charge in [-0.05, 0) is 43.7 Å². The number of thiophene rings is 1. The highest BCUT2D eigenvalue weighted by atomic mass is 32.1. The van der Waals surface area contributed by atoms with Gasteiger partial charge in [0.2, 0.25) is 0 Å². The van der Waals surface area contributed by atoms with Crippen LogP contribution in [0.15, 0.2) is 55.1 Å². The van der Waals surface area contributed by atoms with Gasteiger partial charge in [0.15, 0.2) is 11.3 Å². The van der Waals surface area contributed by atoms with Crippen LogP contribution in [0.3, 0.4) is 0 Å². The number of hydrogen-bond acceptors (Lipinski definition) is 6. The molecule has 0 aliphatic carbocycles. The molecule has 1 N–H and O–H groups in total. The van der Waals surface area contributed by atoms with Crippen molar-refractivity contribution >= 4 is 22.9 Å². The average Bonchev–Trinajstić information content (AvgIpc) is 3.56. The van der Waals surface area contributed by atoms with Crippen LogP contribution in [0.2, 0.25) is 0 Å². The van der Waals surface area contributed by atoms with E-state index in [4.69, 9.17) is 0 Å². The van der Waals surface area contributed by atoms with Gasteiger partial charge < -0.3 is 5.32 Å². The maximum atomic E-state index is 13.6. The summed E-state index contributed by atoms with van der Waals surface area (Å²) in [6, 6.07) is 8.84. The fourth-order valence-corrected chi connectivity index (χ4v) is 4.47. The Kier molecular flexibility index (Phi) is 5.59. The molecule has 1 amide bonds. The normalized spacial score (nSPS) is 11.8. The van der Waals surface area contributed by atoms with Gasteiger partial charge in [-0.3, -0.25) is 14.2 Å². The SMILES string of the molecule is Cc1ccc(CNC(=O)c2cc(-n3nncc3C(F)(F)F)c3ncc(-c4ccc(C)s4)n3c2)cn1. The zero-order chi connectivity index (χ0) is 24.7. The highest BCUT2D eigenvalue weighted by molar-refractivity contribution is 7.15. The lowest BCUT2D eigenvalue weighted by Gasteiger charge is -2.13. The van der Waals surface area contributed by atoms with Crippen molar-refractivity contribution < 1.29 is 18.0 Å². The molecule has 0 aliphatic rings. The minimum absolute atomic E-state index is 0.0148. The molecule has 178 valence electrons. The quantitative estimate of drug-likeness (QED) is 0.383. The standard InChI is InChI=1S/C23H18F3N7OS/c1-13-3-5-15(8-27-13)9-29-22(34)16-7-17(33-20(11-30-31-33)23(24,25)26)21-28-10-18(32(21)12-16)19-6-4-14(2)35-19/h3-8,10-12H,9H2,1-2H3,(H,29,34). The molecule has 0 radical (unpaired) electrons. The number of alkyl halides is 3. The Hall–Kier alpha value is -4.06. The van der Waals surface area contributed by atoms with Crippen LogP contribution in [0.25, 0.3) is 21.9 Å². The van der Waals surface area contributed by atoms with Crippen molar-refractivity contribution in [2.24, 2.45) is 0 Å². The highest BCUT2D eigenvalue weighted by Crippen LogP contribution is 2.33. The monoisotopic (exact) mass is 497 g/mol. The topological polar surface area (TPSA) is 90.0 Å². The zero-order valence-corrected chi connectivity index (χ0v) is 19.4. The summed E-state index contributed by atoms with van der Waals surface area (Å²) in [7, 11) is 0. The molecular formula is C23H18F3N7OS. The van der Waals surface area contributed by atoms with Gasteiger partial charge in [-0.2, -0.15) is 13.2 Å². The van der Waals surface area contributed by atoms with Crippen LogP contribution in [0.4, 0.5) is 13.2 Å². The Bertz CT molecular complexity index is 1530. The summed E-state index contributed by atoms with van der Waals surface area (Å²) in [6.45, 7) is 4.01. The van der Waals surface area contributed by atoms with Crippen LogP contribution in [0.5, 0.6) is 0 Å². The number of rotatable bonds is 5. The van der Waals surface area contributed by atoms with Crippen molar-refractivity contribution in [3.63, 3.8) is 0 Å². The van der Waals surface area contributed by atoms with Crippen LogP contribution in [-0.4, -0.2) is 35.3 Å². The number of carbonyl (C=O) groups excluding carboxylic acids is 1. The van der Waals surface area contributed by atoms with Gasteiger partial charge in [-0.15, -0.1) is 16.4 Å². The van der Waals surface area contributed by atoms with E-state index in [-0.39, 0.29) is 23.4 Å². The molecule has 0 atom stereocenters. The van der Waals surface area contributed by atoms with Crippen molar-refractivity contribution in [1.82, 2.24) is 34.7 Å². The first-order valence-electron chi connectivity index (χ1n) is 10.5. The van der Waals surface area contributed by atoms with Gasteiger partial charge in [-0.1, -0.05) is 11.3 Å². The van der Waals surface area contributed by atoms with E-state index in [0.717, 1.165) is 21.0 Å². The molecule has 0 aromatic carbocycles. The first-order chi connectivity index (χ1) is 16.7. The number of aromatic nitrogens is 6. The van der Waals surface area contributed by atoms with Crippen molar-refractivity contribution in [3.8, 4) is 16.3 Å². The van der Waals surface area contributed by atoms with Gasteiger partial charge in [0.05, 0.1) is 28.5 Å². The minimum atomic E-state index is -4.70. The number of amides is 1. The first-order valence-corrected chi connectivity index (χ1v) is 11.3. The predicted molar refractivity (Wildman–Crippen MR) is 123 cm³/mol. The summed E-state index contributed by atoms with van der Waals surface area (Å²) >= 11 is 1.51. The van der Waals surface area contributed by atoms with E-state index in [2.05, 4.69) is 25.6 Å². The Morgan fingerprint density at radius 2 is 1.91 bits per heavy atom. The predicted octanol–water partition coefficient (Wildman–Crippen LogP) is 4.60. The molecule has 8 nitrogen and oxygen atoms in total. The third-order valence-electron chi connectivity index (χ3n) is 5.33. The number of imidazole rings is 1. The Labute approximate surface area is 201 Å². The molecule has 5 heterocycles. The number of halogens is 3. The highest BCUT2D eigenvalue weighted by Gasteiger charge is 2.37. The van der Waals surface area contributed by atoms with Crippen LogP contribution in [0, 0.1) is 13.8 Å². The van der Waals surface area contributed by atoms with Crippen molar-refractivity contribution in [2.45, 2.75) is 26.6 Å². The number of carbonyl (C=O) groups is 1. The van der Waals surface area contributed by atoms with Gasteiger partial charge in [0.1, 0.15) is 5.69 Å². The van der Waals surface area contributed by atoms with Crippen molar-refractivity contribution in [2.75, 3.05) is 0 Å². The number of aryl methyl sites for hydroxylation is 2. The number of hydrogen-bond donors (Lipinski definition) is 1. The molecule has 5 aromatic rings. The van der Waals surface area contributed by atoms with Gasteiger partial charge in [0, 0.05) is 29.5 Å². The van der Waals surface area contributed by atoms with Gasteiger partial charge in [-0.25, -0.2) is 9.67 Å². The van der Waals surface area contributed by atoms with Crippen LogP contribution >= 0.6 is 11.3 Å². The van der Waals surface area contributed by atoms with Crippen LogP contribution in [-0.2, 0) is 12.7 Å². The molecule has 0 fully saturated rings. The fourth-order valence-electron chi connectivity index (χ4n) is 3.60. The third kappa shape index (κ3) is 4.39. The molecular weight excluding hydrogens is 479 g/mol. The Balaban J connectivity index is 1.62. The van der Waals surface area contributed by atoms with E-state index < -0.39 is 17.8 Å². The minimum Gasteiger partial charge on any atom is -0.348 e. The lowest BCUT2D eigenvalue weighted by atomic mass is 10.2.